The summed E-state index contributed by atoms with van der Waals surface area (Å²) in [7, 11) is 0. The summed E-state index contributed by atoms with van der Waals surface area (Å²) in [5, 5.41) is 3.79. The van der Waals surface area contributed by atoms with E-state index in [1.54, 1.807) is 10.4 Å². The van der Waals surface area contributed by atoms with Gasteiger partial charge in [0.2, 0.25) is 0 Å². The van der Waals surface area contributed by atoms with E-state index in [1.165, 1.54) is 35.0 Å². The van der Waals surface area contributed by atoms with E-state index in [0.29, 0.717) is 12.1 Å². The summed E-state index contributed by atoms with van der Waals surface area (Å²) in [6.45, 7) is 4.58. The molecule has 3 heteroatoms. The molecule has 2 unspecified atom stereocenters. The van der Waals surface area contributed by atoms with Crippen molar-refractivity contribution < 1.29 is 0 Å². The highest BCUT2D eigenvalue weighted by Crippen LogP contribution is 2.36. The van der Waals surface area contributed by atoms with E-state index in [2.05, 4.69) is 47.8 Å². The largest absolute Gasteiger partial charge is 0.307 e. The first kappa shape index (κ1) is 12.8. The van der Waals surface area contributed by atoms with Crippen molar-refractivity contribution >= 4 is 33.9 Å². The van der Waals surface area contributed by atoms with Gasteiger partial charge in [-0.1, -0.05) is 13.3 Å². The summed E-state index contributed by atoms with van der Waals surface area (Å²) < 4.78 is 1.44. The summed E-state index contributed by atoms with van der Waals surface area (Å²) in [6.07, 6.45) is 6.51. The Labute approximate surface area is 116 Å². The highest BCUT2D eigenvalue weighted by atomic mass is 127. The van der Waals surface area contributed by atoms with Gasteiger partial charge in [-0.3, -0.25) is 0 Å². The van der Waals surface area contributed by atoms with E-state index in [0.717, 1.165) is 0 Å². The number of nitrogens with one attached hydrogen (secondary N) is 1. The van der Waals surface area contributed by atoms with E-state index >= 15 is 0 Å². The van der Waals surface area contributed by atoms with Crippen molar-refractivity contribution in [3.8, 4) is 0 Å². The molecule has 0 saturated carbocycles. The molecule has 1 nitrogen and oxygen atoms in total. The molecule has 0 saturated heterocycles. The monoisotopic (exact) mass is 349 g/mol. The van der Waals surface area contributed by atoms with E-state index in [1.807, 2.05) is 11.3 Å². The number of rotatable bonds is 4. The molecule has 1 aromatic rings. The minimum absolute atomic E-state index is 0.616. The lowest BCUT2D eigenvalue weighted by Crippen LogP contribution is -2.32. The fraction of sp³-hybridized carbons (Fsp3) is 0.692. The van der Waals surface area contributed by atoms with E-state index in [-0.39, 0.29) is 0 Å². The standard InChI is InChI=1S/C13H20INS/c1-3-5-9(2)15-11-6-4-7-12-10(11)8-13(14)16-12/h8-9,11,15H,3-7H2,1-2H3. The molecule has 0 radical (unpaired) electrons. The van der Waals surface area contributed by atoms with Crippen LogP contribution < -0.4 is 5.32 Å². The number of fused-ring (bicyclic) bond motifs is 1. The van der Waals surface area contributed by atoms with Crippen molar-refractivity contribution in [3.05, 3.63) is 19.4 Å². The van der Waals surface area contributed by atoms with Gasteiger partial charge in [-0.15, -0.1) is 11.3 Å². The van der Waals surface area contributed by atoms with E-state index < -0.39 is 0 Å². The maximum absolute atomic E-state index is 3.79. The van der Waals surface area contributed by atoms with Gasteiger partial charge in [0.15, 0.2) is 0 Å². The Morgan fingerprint density at radius 3 is 3.19 bits per heavy atom. The zero-order valence-electron chi connectivity index (χ0n) is 10.1. The van der Waals surface area contributed by atoms with E-state index in [9.17, 15) is 0 Å². The van der Waals surface area contributed by atoms with Gasteiger partial charge in [0.25, 0.3) is 0 Å². The van der Waals surface area contributed by atoms with Crippen molar-refractivity contribution in [3.63, 3.8) is 0 Å². The van der Waals surface area contributed by atoms with Gasteiger partial charge >= 0.3 is 0 Å². The number of hydrogen-bond donors (Lipinski definition) is 1. The molecule has 1 N–H and O–H groups in total. The van der Waals surface area contributed by atoms with Crippen molar-refractivity contribution in [2.45, 2.75) is 58.0 Å². The van der Waals surface area contributed by atoms with Crippen LogP contribution in [0, 0.1) is 2.88 Å². The van der Waals surface area contributed by atoms with Crippen LogP contribution >= 0.6 is 33.9 Å². The van der Waals surface area contributed by atoms with Crippen LogP contribution in [-0.4, -0.2) is 6.04 Å². The predicted octanol–water partition coefficient (Wildman–Crippen LogP) is 4.51. The number of thiophene rings is 1. The average Bonchev–Trinajstić information content (AvgIpc) is 2.60. The average molecular weight is 349 g/mol. The minimum atomic E-state index is 0.616. The smallest absolute Gasteiger partial charge is 0.0659 e. The van der Waals surface area contributed by atoms with Crippen molar-refractivity contribution in [1.82, 2.24) is 5.32 Å². The SMILES string of the molecule is CCCC(C)NC1CCCc2sc(I)cc21. The van der Waals surface area contributed by atoms with Gasteiger partial charge in [0, 0.05) is 17.0 Å². The van der Waals surface area contributed by atoms with Crippen LogP contribution in [-0.2, 0) is 6.42 Å². The van der Waals surface area contributed by atoms with Crippen LogP contribution in [0.25, 0.3) is 0 Å². The lowest BCUT2D eigenvalue weighted by molar-refractivity contribution is 0.396. The summed E-state index contributed by atoms with van der Waals surface area (Å²) >= 11 is 4.43. The Balaban J connectivity index is 2.06. The molecule has 0 spiro atoms. The van der Waals surface area contributed by atoms with Crippen molar-refractivity contribution in [1.29, 1.82) is 0 Å². The van der Waals surface area contributed by atoms with Gasteiger partial charge < -0.3 is 5.32 Å². The third kappa shape index (κ3) is 2.99. The highest BCUT2D eigenvalue weighted by Gasteiger charge is 2.23. The highest BCUT2D eigenvalue weighted by molar-refractivity contribution is 14.1. The molecule has 0 bridgehead atoms. The fourth-order valence-corrected chi connectivity index (χ4v) is 4.67. The van der Waals surface area contributed by atoms with Gasteiger partial charge in [-0.05, 0) is 66.8 Å². The maximum Gasteiger partial charge on any atom is 0.0659 e. The quantitative estimate of drug-likeness (QED) is 0.789. The Morgan fingerprint density at radius 1 is 1.62 bits per heavy atom. The molecule has 90 valence electrons. The topological polar surface area (TPSA) is 12.0 Å². The Hall–Kier alpha value is 0.390. The third-order valence-corrected chi connectivity index (χ3v) is 5.26. The molecule has 2 atom stereocenters. The molecule has 0 fully saturated rings. The molecule has 0 aliphatic heterocycles. The van der Waals surface area contributed by atoms with Crippen molar-refractivity contribution in [2.75, 3.05) is 0 Å². The van der Waals surface area contributed by atoms with Crippen LogP contribution in [0.1, 0.15) is 56.0 Å². The molecule has 1 aliphatic rings. The van der Waals surface area contributed by atoms with Gasteiger partial charge in [-0.25, -0.2) is 0 Å². The number of hydrogen-bond acceptors (Lipinski definition) is 2. The summed E-state index contributed by atoms with van der Waals surface area (Å²) in [5.74, 6) is 0. The van der Waals surface area contributed by atoms with Crippen LogP contribution in [0.2, 0.25) is 0 Å². The van der Waals surface area contributed by atoms with Crippen LogP contribution in [0.4, 0.5) is 0 Å². The molecule has 1 heterocycles. The second-order valence-corrected chi connectivity index (χ2v) is 7.76. The van der Waals surface area contributed by atoms with E-state index in [4.69, 9.17) is 0 Å². The molecule has 0 amide bonds. The molecule has 1 aromatic heterocycles. The lowest BCUT2D eigenvalue weighted by Gasteiger charge is -2.27. The van der Waals surface area contributed by atoms with Gasteiger partial charge in [0.05, 0.1) is 2.88 Å². The molecular formula is C13H20INS. The van der Waals surface area contributed by atoms with Gasteiger partial charge in [0.1, 0.15) is 0 Å². The summed E-state index contributed by atoms with van der Waals surface area (Å²) in [4.78, 5) is 1.62. The Bertz CT molecular complexity index is 348. The first-order valence-corrected chi connectivity index (χ1v) is 8.14. The second-order valence-electron chi connectivity index (χ2n) is 4.73. The van der Waals surface area contributed by atoms with Crippen LogP contribution in [0.3, 0.4) is 0 Å². The first-order chi connectivity index (χ1) is 7.70. The van der Waals surface area contributed by atoms with Crippen LogP contribution in [0.15, 0.2) is 6.07 Å². The third-order valence-electron chi connectivity index (χ3n) is 3.29. The van der Waals surface area contributed by atoms with Crippen molar-refractivity contribution in [2.24, 2.45) is 0 Å². The molecule has 0 aromatic carbocycles. The lowest BCUT2D eigenvalue weighted by atomic mass is 9.93. The van der Waals surface area contributed by atoms with Crippen LogP contribution in [0.5, 0.6) is 0 Å². The maximum atomic E-state index is 3.79. The number of aryl methyl sites for hydroxylation is 1. The Morgan fingerprint density at radius 2 is 2.44 bits per heavy atom. The minimum Gasteiger partial charge on any atom is -0.307 e. The normalized spacial score (nSPS) is 21.8. The summed E-state index contributed by atoms with van der Waals surface area (Å²) in [5.41, 5.74) is 1.59. The molecular weight excluding hydrogens is 329 g/mol. The number of halogens is 1. The first-order valence-electron chi connectivity index (χ1n) is 6.25. The second kappa shape index (κ2) is 5.83. The van der Waals surface area contributed by atoms with Gasteiger partial charge in [-0.2, -0.15) is 0 Å². The Kier molecular flexibility index (Phi) is 4.67. The zero-order valence-corrected chi connectivity index (χ0v) is 13.0. The molecule has 2 rings (SSSR count). The zero-order chi connectivity index (χ0) is 11.5. The summed E-state index contributed by atoms with van der Waals surface area (Å²) in [6, 6.07) is 3.65. The fourth-order valence-electron chi connectivity index (χ4n) is 2.55. The molecule has 1 aliphatic carbocycles. The predicted molar refractivity (Wildman–Crippen MR) is 80.2 cm³/mol. The molecule has 16 heavy (non-hydrogen) atoms.